The van der Waals surface area contributed by atoms with Crippen molar-refractivity contribution in [3.05, 3.63) is 89.5 Å². The molecule has 4 aliphatic heterocycles. The fraction of sp³-hybridized carbons (Fsp3) is 0.333. The third kappa shape index (κ3) is 6.64. The molecule has 12 nitrogen and oxygen atoms in total. The molecule has 7 rings (SSSR count). The van der Waals surface area contributed by atoms with E-state index in [9.17, 15) is 24.3 Å². The van der Waals surface area contributed by atoms with E-state index in [1.165, 1.54) is 12.1 Å². The highest BCUT2D eigenvalue weighted by Crippen LogP contribution is 2.43. The molecular formula is C36H40ClN7O5. The number of anilines is 3. The van der Waals surface area contributed by atoms with Crippen LogP contribution in [0.15, 0.2) is 72.8 Å². The van der Waals surface area contributed by atoms with Gasteiger partial charge in [0, 0.05) is 75.3 Å². The first-order chi connectivity index (χ1) is 23.2. The zero-order valence-corrected chi connectivity index (χ0v) is 28.3. The molecule has 3 fully saturated rings. The number of likely N-dealkylation sites (tertiary alicyclic amines) is 1. The van der Waals surface area contributed by atoms with Crippen molar-refractivity contribution in [2.45, 2.75) is 18.5 Å². The van der Waals surface area contributed by atoms with Crippen LogP contribution in [-0.2, 0) is 9.59 Å². The molecule has 0 radical (unpaired) electrons. The summed E-state index contributed by atoms with van der Waals surface area (Å²) in [6.07, 6.45) is 0.821. The Morgan fingerprint density at radius 1 is 0.959 bits per heavy atom. The van der Waals surface area contributed by atoms with Gasteiger partial charge in [-0.3, -0.25) is 14.5 Å². The summed E-state index contributed by atoms with van der Waals surface area (Å²) < 4.78 is 0. The van der Waals surface area contributed by atoms with E-state index in [0.717, 1.165) is 48.8 Å². The number of fused-ring (bicyclic) bond motifs is 3. The largest absolute Gasteiger partial charge is 0.478 e. The van der Waals surface area contributed by atoms with Crippen LogP contribution in [0.5, 0.6) is 0 Å². The van der Waals surface area contributed by atoms with E-state index in [0.29, 0.717) is 36.6 Å². The average molecular weight is 686 g/mol. The van der Waals surface area contributed by atoms with Gasteiger partial charge < -0.3 is 30.4 Å². The maximum absolute atomic E-state index is 14.4. The predicted octanol–water partition coefficient (Wildman–Crippen LogP) is 3.51. The van der Waals surface area contributed by atoms with Gasteiger partial charge in [-0.15, -0.1) is 12.4 Å². The van der Waals surface area contributed by atoms with Crippen molar-refractivity contribution in [1.29, 1.82) is 0 Å². The molecule has 4 heterocycles. The molecule has 256 valence electrons. The summed E-state index contributed by atoms with van der Waals surface area (Å²) in [7, 11) is 3.85. The van der Waals surface area contributed by atoms with Crippen molar-refractivity contribution in [3.8, 4) is 0 Å². The monoisotopic (exact) mass is 685 g/mol. The maximum atomic E-state index is 14.4. The summed E-state index contributed by atoms with van der Waals surface area (Å²) >= 11 is 0. The Balaban J connectivity index is 0.00000417. The minimum absolute atomic E-state index is 0. The molecule has 4 aliphatic rings. The zero-order chi connectivity index (χ0) is 33.5. The standard InChI is InChI=1S/C36H39N7O5.ClH/c1-39-14-16-41(17-15-39)22-31(44)40(2)27-11-9-25(10-12-27)38-33(23-6-4-3-5-7-23)32-29-13-8-24(35(46)47)18-30(29)43(34(32)45)36(48)42-21-26-19-28(42)20-37-26;/h3-13,18,26,28,37-38H,14-17,19-22H2,1-2H3,(H,46,47);1H/t26-,28-;/m0./s1. The van der Waals surface area contributed by atoms with Crippen LogP contribution in [0.4, 0.5) is 21.9 Å². The first-order valence-corrected chi connectivity index (χ1v) is 16.3. The third-order valence-corrected chi connectivity index (χ3v) is 9.83. The SMILES string of the molecule is CN1CCN(CC(=O)N(C)c2ccc(NC(=C3C(=O)N(C(=O)N4C[C@@H]5C[C@H]4CN5)c4cc(C(=O)O)ccc43)c3ccccc3)cc2)CC1.Cl. The highest BCUT2D eigenvalue weighted by Gasteiger charge is 2.47. The molecule has 49 heavy (non-hydrogen) atoms. The minimum Gasteiger partial charge on any atom is -0.478 e. The highest BCUT2D eigenvalue weighted by atomic mass is 35.5. The van der Waals surface area contributed by atoms with Gasteiger partial charge in [0.2, 0.25) is 5.91 Å². The lowest BCUT2D eigenvalue weighted by Gasteiger charge is -2.32. The van der Waals surface area contributed by atoms with E-state index in [1.807, 2.05) is 54.6 Å². The molecule has 2 atom stereocenters. The minimum atomic E-state index is -1.15. The molecule has 3 aromatic carbocycles. The number of carbonyl (C=O) groups is 4. The number of urea groups is 1. The van der Waals surface area contributed by atoms with Crippen LogP contribution >= 0.6 is 12.4 Å². The molecule has 0 spiro atoms. The molecule has 13 heteroatoms. The van der Waals surface area contributed by atoms with Crippen LogP contribution in [0, 0.1) is 0 Å². The molecule has 0 saturated carbocycles. The number of carbonyl (C=O) groups excluding carboxylic acids is 3. The lowest BCUT2D eigenvalue weighted by atomic mass is 9.99. The van der Waals surface area contributed by atoms with Gasteiger partial charge in [-0.05, 0) is 55.4 Å². The summed E-state index contributed by atoms with van der Waals surface area (Å²) in [5.41, 5.74) is 3.60. The number of piperazine rings is 2. The van der Waals surface area contributed by atoms with E-state index in [2.05, 4.69) is 27.5 Å². The predicted molar refractivity (Wildman–Crippen MR) is 191 cm³/mol. The number of aromatic carboxylic acids is 1. The second-order valence-electron chi connectivity index (χ2n) is 12.9. The number of nitrogens with one attached hydrogen (secondary N) is 2. The van der Waals surface area contributed by atoms with Crippen molar-refractivity contribution in [2.24, 2.45) is 0 Å². The number of benzene rings is 3. The summed E-state index contributed by atoms with van der Waals surface area (Å²) in [5, 5.41) is 16.6. The number of likely N-dealkylation sites (N-methyl/N-ethyl adjacent to an activating group) is 2. The Hall–Kier alpha value is -4.75. The number of rotatable bonds is 7. The number of halogens is 1. The van der Waals surface area contributed by atoms with Crippen LogP contribution in [0.25, 0.3) is 11.3 Å². The topological polar surface area (TPSA) is 129 Å². The van der Waals surface area contributed by atoms with Crippen LogP contribution < -0.4 is 20.4 Å². The second kappa shape index (κ2) is 14.0. The molecule has 0 unspecified atom stereocenters. The number of carboxylic acids is 1. The lowest BCUT2D eigenvalue weighted by molar-refractivity contribution is -0.119. The molecule has 0 aliphatic carbocycles. The van der Waals surface area contributed by atoms with Gasteiger partial charge in [-0.1, -0.05) is 36.4 Å². The molecule has 0 aromatic heterocycles. The van der Waals surface area contributed by atoms with Gasteiger partial charge in [-0.2, -0.15) is 0 Å². The summed E-state index contributed by atoms with van der Waals surface area (Å²) in [5.74, 6) is -1.66. The fourth-order valence-electron chi connectivity index (χ4n) is 7.00. The van der Waals surface area contributed by atoms with Crippen LogP contribution in [0.1, 0.15) is 27.9 Å². The van der Waals surface area contributed by atoms with E-state index >= 15 is 0 Å². The third-order valence-electron chi connectivity index (χ3n) is 9.83. The van der Waals surface area contributed by atoms with Crippen molar-refractivity contribution < 1.29 is 24.3 Å². The van der Waals surface area contributed by atoms with Gasteiger partial charge >= 0.3 is 12.0 Å². The molecule has 3 N–H and O–H groups in total. The summed E-state index contributed by atoms with van der Waals surface area (Å²) in [4.78, 5) is 62.4. The van der Waals surface area contributed by atoms with E-state index < -0.39 is 17.9 Å². The Morgan fingerprint density at radius 3 is 2.31 bits per heavy atom. The Morgan fingerprint density at radius 2 is 1.67 bits per heavy atom. The van der Waals surface area contributed by atoms with Gasteiger partial charge in [0.25, 0.3) is 5.91 Å². The number of nitrogens with zero attached hydrogens (tertiary/aromatic N) is 5. The first-order valence-electron chi connectivity index (χ1n) is 16.3. The molecule has 3 aromatic rings. The average Bonchev–Trinajstić information content (AvgIpc) is 3.81. The van der Waals surface area contributed by atoms with Crippen LogP contribution in [0.3, 0.4) is 0 Å². The number of amides is 4. The van der Waals surface area contributed by atoms with E-state index in [4.69, 9.17) is 0 Å². The Kier molecular flexibility index (Phi) is 9.75. The van der Waals surface area contributed by atoms with Gasteiger partial charge in [0.15, 0.2) is 0 Å². The first kappa shape index (κ1) is 34.1. The van der Waals surface area contributed by atoms with Crippen molar-refractivity contribution in [2.75, 3.05) is 75.0 Å². The fourth-order valence-corrected chi connectivity index (χ4v) is 7.00. The highest BCUT2D eigenvalue weighted by molar-refractivity contribution is 6.44. The maximum Gasteiger partial charge on any atom is 0.335 e. The van der Waals surface area contributed by atoms with Gasteiger partial charge in [0.1, 0.15) is 0 Å². The van der Waals surface area contributed by atoms with E-state index in [1.54, 1.807) is 22.9 Å². The summed E-state index contributed by atoms with van der Waals surface area (Å²) in [6.45, 7) is 5.09. The lowest BCUT2D eigenvalue weighted by Crippen LogP contribution is -2.52. The number of hydrogen-bond donors (Lipinski definition) is 3. The number of hydrogen-bond acceptors (Lipinski definition) is 8. The van der Waals surface area contributed by atoms with Crippen LogP contribution in [0.2, 0.25) is 0 Å². The molecule has 4 amide bonds. The summed E-state index contributed by atoms with van der Waals surface area (Å²) in [6, 6.07) is 21.0. The number of carboxylic acid groups (broad SMARTS) is 1. The Labute approximate surface area is 291 Å². The van der Waals surface area contributed by atoms with E-state index in [-0.39, 0.29) is 47.2 Å². The molecule has 3 saturated heterocycles. The smallest absolute Gasteiger partial charge is 0.335 e. The normalized spacial score (nSPS) is 21.3. The van der Waals surface area contributed by atoms with Gasteiger partial charge in [0.05, 0.1) is 29.1 Å². The van der Waals surface area contributed by atoms with Crippen LogP contribution in [-0.4, -0.2) is 116 Å². The molecular weight excluding hydrogens is 646 g/mol. The van der Waals surface area contributed by atoms with Crippen molar-refractivity contribution in [3.63, 3.8) is 0 Å². The second-order valence-corrected chi connectivity index (χ2v) is 12.9. The Bertz CT molecular complexity index is 1790. The molecule has 2 bridgehead atoms. The number of imide groups is 1. The van der Waals surface area contributed by atoms with Crippen molar-refractivity contribution in [1.82, 2.24) is 20.0 Å². The van der Waals surface area contributed by atoms with Gasteiger partial charge in [-0.25, -0.2) is 14.5 Å². The zero-order valence-electron chi connectivity index (χ0n) is 27.5. The van der Waals surface area contributed by atoms with Crippen molar-refractivity contribution >= 4 is 64.6 Å². The quantitative estimate of drug-likeness (QED) is 0.320.